The minimum atomic E-state index is -0.169. The van der Waals surface area contributed by atoms with Crippen LogP contribution in [0.2, 0.25) is 0 Å². The largest absolute Gasteiger partial charge is 0.496 e. The molecule has 1 saturated heterocycles. The van der Waals surface area contributed by atoms with E-state index in [1.165, 1.54) is 0 Å². The van der Waals surface area contributed by atoms with E-state index < -0.39 is 0 Å². The van der Waals surface area contributed by atoms with Crippen LogP contribution in [-0.4, -0.2) is 37.0 Å². The molecular weight excluding hydrogens is 330 g/mol. The van der Waals surface area contributed by atoms with Gasteiger partial charge >= 0.3 is 6.03 Å². The summed E-state index contributed by atoms with van der Waals surface area (Å²) < 4.78 is 5.29. The summed E-state index contributed by atoms with van der Waals surface area (Å²) in [5.41, 5.74) is 1.99. The van der Waals surface area contributed by atoms with Crippen LogP contribution in [0.15, 0.2) is 48.5 Å². The van der Waals surface area contributed by atoms with E-state index >= 15 is 0 Å². The van der Waals surface area contributed by atoms with E-state index in [1.807, 2.05) is 36.4 Å². The summed E-state index contributed by atoms with van der Waals surface area (Å²) in [7, 11) is 1.58. The lowest BCUT2D eigenvalue weighted by atomic mass is 10.1. The third kappa shape index (κ3) is 4.33. The Labute approximate surface area is 153 Å². The van der Waals surface area contributed by atoms with Gasteiger partial charge in [0.1, 0.15) is 5.75 Å². The SMILES string of the molecule is COc1ccccc1CC(=O)Nc1ccccc1NC(=O)N1CCCC1. The van der Waals surface area contributed by atoms with Crippen molar-refractivity contribution in [3.05, 3.63) is 54.1 Å². The number of rotatable bonds is 5. The fraction of sp³-hybridized carbons (Fsp3) is 0.300. The number of ether oxygens (including phenoxy) is 1. The molecule has 2 N–H and O–H groups in total. The molecule has 136 valence electrons. The van der Waals surface area contributed by atoms with E-state index in [0.29, 0.717) is 17.1 Å². The Morgan fingerprint density at radius 3 is 2.27 bits per heavy atom. The third-order valence-corrected chi connectivity index (χ3v) is 4.38. The normalized spacial score (nSPS) is 13.3. The first-order valence-electron chi connectivity index (χ1n) is 8.74. The van der Waals surface area contributed by atoms with E-state index in [1.54, 1.807) is 24.1 Å². The van der Waals surface area contributed by atoms with Gasteiger partial charge in [-0.1, -0.05) is 30.3 Å². The molecule has 2 aromatic carbocycles. The van der Waals surface area contributed by atoms with Crippen molar-refractivity contribution in [3.63, 3.8) is 0 Å². The van der Waals surface area contributed by atoms with Gasteiger partial charge in [-0.15, -0.1) is 0 Å². The Hall–Kier alpha value is -3.02. The molecule has 0 bridgehead atoms. The maximum Gasteiger partial charge on any atom is 0.321 e. The van der Waals surface area contributed by atoms with Gasteiger partial charge in [0, 0.05) is 18.7 Å². The van der Waals surface area contributed by atoms with Crippen LogP contribution in [0.3, 0.4) is 0 Å². The molecule has 3 amide bonds. The van der Waals surface area contributed by atoms with Gasteiger partial charge in [0.25, 0.3) is 0 Å². The summed E-state index contributed by atoms with van der Waals surface area (Å²) in [6.07, 6.45) is 2.26. The summed E-state index contributed by atoms with van der Waals surface area (Å²) in [4.78, 5) is 26.6. The molecule has 1 fully saturated rings. The second-order valence-corrected chi connectivity index (χ2v) is 6.21. The lowest BCUT2D eigenvalue weighted by Gasteiger charge is -2.18. The van der Waals surface area contributed by atoms with Gasteiger partial charge in [-0.2, -0.15) is 0 Å². The first-order valence-corrected chi connectivity index (χ1v) is 8.74. The highest BCUT2D eigenvalue weighted by atomic mass is 16.5. The summed E-state index contributed by atoms with van der Waals surface area (Å²) in [6.45, 7) is 1.54. The van der Waals surface area contributed by atoms with Crippen LogP contribution in [0.5, 0.6) is 5.75 Å². The minimum Gasteiger partial charge on any atom is -0.496 e. The summed E-state index contributed by atoms with van der Waals surface area (Å²) in [5, 5.41) is 5.77. The van der Waals surface area contributed by atoms with Crippen molar-refractivity contribution in [2.75, 3.05) is 30.8 Å². The summed E-state index contributed by atoms with van der Waals surface area (Å²) in [5.74, 6) is 0.510. The highest BCUT2D eigenvalue weighted by Gasteiger charge is 2.19. The van der Waals surface area contributed by atoms with Crippen molar-refractivity contribution in [3.8, 4) is 5.75 Å². The Morgan fingerprint density at radius 2 is 1.58 bits per heavy atom. The average molecular weight is 353 g/mol. The third-order valence-electron chi connectivity index (χ3n) is 4.38. The van der Waals surface area contributed by atoms with Crippen molar-refractivity contribution in [1.82, 2.24) is 4.90 Å². The molecule has 6 nitrogen and oxygen atoms in total. The Kier molecular flexibility index (Phi) is 5.73. The lowest BCUT2D eigenvalue weighted by molar-refractivity contribution is -0.115. The van der Waals surface area contributed by atoms with Gasteiger partial charge < -0.3 is 20.3 Å². The number of carbonyl (C=O) groups is 2. The number of benzene rings is 2. The number of likely N-dealkylation sites (tertiary alicyclic amines) is 1. The number of hydrogen-bond donors (Lipinski definition) is 2. The zero-order chi connectivity index (χ0) is 18.4. The molecule has 1 aliphatic heterocycles. The molecule has 0 aromatic heterocycles. The highest BCUT2D eigenvalue weighted by Crippen LogP contribution is 2.23. The number of para-hydroxylation sites is 3. The van der Waals surface area contributed by atoms with Gasteiger partial charge in [0.2, 0.25) is 5.91 Å². The lowest BCUT2D eigenvalue weighted by Crippen LogP contribution is -2.32. The molecular formula is C20H23N3O3. The molecule has 0 radical (unpaired) electrons. The number of nitrogens with zero attached hydrogens (tertiary/aromatic N) is 1. The minimum absolute atomic E-state index is 0.131. The molecule has 26 heavy (non-hydrogen) atoms. The van der Waals surface area contributed by atoms with Gasteiger partial charge in [0.05, 0.1) is 24.9 Å². The van der Waals surface area contributed by atoms with E-state index in [2.05, 4.69) is 10.6 Å². The molecule has 0 unspecified atom stereocenters. The first kappa shape index (κ1) is 17.8. The summed E-state index contributed by atoms with van der Waals surface area (Å²) >= 11 is 0. The van der Waals surface area contributed by atoms with Crippen molar-refractivity contribution in [2.24, 2.45) is 0 Å². The molecule has 1 aliphatic rings. The number of hydrogen-bond acceptors (Lipinski definition) is 3. The van der Waals surface area contributed by atoms with E-state index in [9.17, 15) is 9.59 Å². The van der Waals surface area contributed by atoms with Crippen LogP contribution >= 0.6 is 0 Å². The first-order chi connectivity index (χ1) is 12.7. The van der Waals surface area contributed by atoms with Crippen molar-refractivity contribution >= 4 is 23.3 Å². The van der Waals surface area contributed by atoms with E-state index in [-0.39, 0.29) is 18.4 Å². The van der Waals surface area contributed by atoms with Crippen LogP contribution < -0.4 is 15.4 Å². The monoisotopic (exact) mass is 353 g/mol. The van der Waals surface area contributed by atoms with Gasteiger partial charge in [-0.05, 0) is 31.0 Å². The van der Waals surface area contributed by atoms with Gasteiger partial charge in [0.15, 0.2) is 0 Å². The number of carbonyl (C=O) groups excluding carboxylic acids is 2. The average Bonchev–Trinajstić information content (AvgIpc) is 3.18. The number of nitrogens with one attached hydrogen (secondary N) is 2. The Balaban J connectivity index is 1.67. The fourth-order valence-corrected chi connectivity index (χ4v) is 3.03. The van der Waals surface area contributed by atoms with E-state index in [0.717, 1.165) is 31.5 Å². The van der Waals surface area contributed by atoms with Crippen molar-refractivity contribution < 1.29 is 14.3 Å². The molecule has 3 rings (SSSR count). The maximum atomic E-state index is 12.5. The molecule has 0 atom stereocenters. The van der Waals surface area contributed by atoms with Crippen LogP contribution in [-0.2, 0) is 11.2 Å². The number of urea groups is 1. The van der Waals surface area contributed by atoms with Crippen molar-refractivity contribution in [1.29, 1.82) is 0 Å². The zero-order valence-electron chi connectivity index (χ0n) is 14.8. The van der Waals surface area contributed by atoms with E-state index in [4.69, 9.17) is 4.74 Å². The fourth-order valence-electron chi connectivity index (χ4n) is 3.03. The maximum absolute atomic E-state index is 12.5. The zero-order valence-corrected chi connectivity index (χ0v) is 14.8. The number of anilines is 2. The van der Waals surface area contributed by atoms with Crippen molar-refractivity contribution in [2.45, 2.75) is 19.3 Å². The van der Waals surface area contributed by atoms with Crippen LogP contribution in [0, 0.1) is 0 Å². The smallest absolute Gasteiger partial charge is 0.321 e. The Morgan fingerprint density at radius 1 is 0.962 bits per heavy atom. The highest BCUT2D eigenvalue weighted by molar-refractivity contribution is 5.99. The van der Waals surface area contributed by atoms with Crippen LogP contribution in [0.1, 0.15) is 18.4 Å². The van der Waals surface area contributed by atoms with Gasteiger partial charge in [-0.3, -0.25) is 4.79 Å². The number of methoxy groups -OCH3 is 1. The second-order valence-electron chi connectivity index (χ2n) is 6.21. The molecule has 2 aromatic rings. The quantitative estimate of drug-likeness (QED) is 0.864. The predicted octanol–water partition coefficient (Wildman–Crippen LogP) is 3.50. The molecule has 1 heterocycles. The second kappa shape index (κ2) is 8.38. The standard InChI is InChI=1S/C20H23N3O3/c1-26-18-11-5-2-8-15(18)14-19(24)21-16-9-3-4-10-17(16)22-20(25)23-12-6-7-13-23/h2-5,8-11H,6-7,12-14H2,1H3,(H,21,24)(H,22,25). The summed E-state index contributed by atoms with van der Waals surface area (Å²) in [6, 6.07) is 14.5. The predicted molar refractivity (Wildman–Crippen MR) is 102 cm³/mol. The molecule has 0 saturated carbocycles. The number of amides is 3. The van der Waals surface area contributed by atoms with Crippen LogP contribution in [0.25, 0.3) is 0 Å². The molecule has 0 aliphatic carbocycles. The molecule has 0 spiro atoms. The topological polar surface area (TPSA) is 70.7 Å². The Bertz CT molecular complexity index is 785. The van der Waals surface area contributed by atoms with Crippen LogP contribution in [0.4, 0.5) is 16.2 Å². The molecule has 6 heteroatoms. The van der Waals surface area contributed by atoms with Gasteiger partial charge in [-0.25, -0.2) is 4.79 Å².